The fourth-order valence-electron chi connectivity index (χ4n) is 2.45. The molecule has 1 saturated carbocycles. The van der Waals surface area contributed by atoms with Gasteiger partial charge in [-0.2, -0.15) is 0 Å². The predicted octanol–water partition coefficient (Wildman–Crippen LogP) is 1.81. The Balaban J connectivity index is 2.12. The lowest BCUT2D eigenvalue weighted by Crippen LogP contribution is -2.40. The maximum atomic E-state index is 11.6. The third-order valence-corrected chi connectivity index (χ3v) is 3.52. The fourth-order valence-corrected chi connectivity index (χ4v) is 2.45. The van der Waals surface area contributed by atoms with Crippen LogP contribution in [0.5, 0.6) is 0 Å². The van der Waals surface area contributed by atoms with Crippen molar-refractivity contribution in [2.45, 2.75) is 70.6 Å². The maximum Gasteiger partial charge on any atom is 0.320 e. The summed E-state index contributed by atoms with van der Waals surface area (Å²) in [6.07, 6.45) is 4.30. The Hall–Kier alpha value is -1.14. The number of hydrogen-bond donors (Lipinski definition) is 1. The fraction of sp³-hybridized carbons (Fsp3) is 0.875. The van der Waals surface area contributed by atoms with E-state index < -0.39 is 5.60 Å². The number of rotatable bonds is 7. The van der Waals surface area contributed by atoms with Crippen molar-refractivity contribution in [1.29, 1.82) is 0 Å². The van der Waals surface area contributed by atoms with Crippen LogP contribution in [-0.2, 0) is 23.8 Å². The highest BCUT2D eigenvalue weighted by atomic mass is 16.6. The van der Waals surface area contributed by atoms with Crippen molar-refractivity contribution in [3.63, 3.8) is 0 Å². The zero-order valence-electron chi connectivity index (χ0n) is 14.1. The average Bonchev–Trinajstić information content (AvgIpc) is 2.44. The number of carbonyl (C=O) groups is 2. The van der Waals surface area contributed by atoms with Crippen molar-refractivity contribution in [1.82, 2.24) is 5.32 Å². The van der Waals surface area contributed by atoms with Crippen LogP contribution in [0.3, 0.4) is 0 Å². The van der Waals surface area contributed by atoms with Crippen LogP contribution < -0.4 is 5.32 Å². The van der Waals surface area contributed by atoms with Crippen LogP contribution in [-0.4, -0.2) is 49.9 Å². The molecule has 0 aliphatic heterocycles. The van der Waals surface area contributed by atoms with Gasteiger partial charge in [-0.3, -0.25) is 9.59 Å². The topological polar surface area (TPSA) is 73.9 Å². The summed E-state index contributed by atoms with van der Waals surface area (Å²) in [5.74, 6) is -0.461. The van der Waals surface area contributed by atoms with Crippen molar-refractivity contribution < 1.29 is 23.8 Å². The number of nitrogens with one attached hydrogen (secondary N) is 1. The first kappa shape index (κ1) is 18.9. The quantitative estimate of drug-likeness (QED) is 0.722. The van der Waals surface area contributed by atoms with Crippen LogP contribution in [0.1, 0.15) is 52.9 Å². The largest absolute Gasteiger partial charge is 0.469 e. The van der Waals surface area contributed by atoms with Gasteiger partial charge in [-0.25, -0.2) is 0 Å². The Kier molecular flexibility index (Phi) is 7.82. The molecule has 0 aromatic rings. The van der Waals surface area contributed by atoms with Gasteiger partial charge in [0, 0.05) is 6.04 Å². The Labute approximate surface area is 132 Å². The van der Waals surface area contributed by atoms with Crippen LogP contribution in [0.25, 0.3) is 0 Å². The molecule has 0 amide bonds. The third-order valence-electron chi connectivity index (χ3n) is 3.52. The van der Waals surface area contributed by atoms with E-state index in [0.717, 1.165) is 25.7 Å². The predicted molar refractivity (Wildman–Crippen MR) is 82.5 cm³/mol. The summed E-state index contributed by atoms with van der Waals surface area (Å²) in [6.45, 7) is 6.24. The maximum absolute atomic E-state index is 11.6. The molecule has 0 bridgehead atoms. The first-order valence-electron chi connectivity index (χ1n) is 7.94. The molecule has 128 valence electrons. The minimum Gasteiger partial charge on any atom is -0.469 e. The van der Waals surface area contributed by atoms with Crippen molar-refractivity contribution >= 4 is 11.9 Å². The van der Waals surface area contributed by atoms with E-state index in [1.165, 1.54) is 7.11 Å². The molecule has 0 heterocycles. The minimum atomic E-state index is -0.441. The molecule has 1 aliphatic carbocycles. The van der Waals surface area contributed by atoms with Crippen LogP contribution in [0.15, 0.2) is 0 Å². The standard InChI is InChI=1S/C16H29NO5/c1-16(2,3)22-15(19)11-17-12-5-7-13(8-6-12)21-10-9-14(18)20-4/h12-13,17H,5-11H2,1-4H3/t12-,13-. The van der Waals surface area contributed by atoms with Gasteiger partial charge >= 0.3 is 11.9 Å². The first-order chi connectivity index (χ1) is 10.3. The van der Waals surface area contributed by atoms with Gasteiger partial charge in [-0.15, -0.1) is 0 Å². The molecule has 6 heteroatoms. The van der Waals surface area contributed by atoms with Gasteiger partial charge in [0.2, 0.25) is 0 Å². The lowest BCUT2D eigenvalue weighted by Gasteiger charge is -2.29. The monoisotopic (exact) mass is 315 g/mol. The van der Waals surface area contributed by atoms with E-state index in [1.54, 1.807) is 0 Å². The number of methoxy groups -OCH3 is 1. The summed E-state index contributed by atoms with van der Waals surface area (Å²) >= 11 is 0. The van der Waals surface area contributed by atoms with Gasteiger partial charge in [0.25, 0.3) is 0 Å². The van der Waals surface area contributed by atoms with Crippen LogP contribution in [0.4, 0.5) is 0 Å². The van der Waals surface area contributed by atoms with Gasteiger partial charge in [0.05, 0.1) is 32.8 Å². The van der Waals surface area contributed by atoms with Gasteiger partial charge in [-0.1, -0.05) is 0 Å². The summed E-state index contributed by atoms with van der Waals surface area (Å²) in [5.41, 5.74) is -0.441. The highest BCUT2D eigenvalue weighted by Crippen LogP contribution is 2.21. The third kappa shape index (κ3) is 8.34. The Morgan fingerprint density at radius 2 is 1.73 bits per heavy atom. The summed E-state index contributed by atoms with van der Waals surface area (Å²) in [4.78, 5) is 22.6. The number of hydrogen-bond acceptors (Lipinski definition) is 6. The second kappa shape index (κ2) is 9.10. The van der Waals surface area contributed by atoms with Gasteiger partial charge in [0.1, 0.15) is 5.60 Å². The van der Waals surface area contributed by atoms with E-state index in [-0.39, 0.29) is 24.6 Å². The van der Waals surface area contributed by atoms with Crippen LogP contribution in [0, 0.1) is 0 Å². The van der Waals surface area contributed by atoms with Crippen molar-refractivity contribution in [2.75, 3.05) is 20.3 Å². The number of ether oxygens (including phenoxy) is 3. The molecule has 1 fully saturated rings. The highest BCUT2D eigenvalue weighted by Gasteiger charge is 2.23. The normalized spacial score (nSPS) is 22.2. The van der Waals surface area contributed by atoms with E-state index in [9.17, 15) is 9.59 Å². The van der Waals surface area contributed by atoms with Crippen LogP contribution in [0.2, 0.25) is 0 Å². The molecule has 0 aromatic heterocycles. The number of carbonyl (C=O) groups excluding carboxylic acids is 2. The number of esters is 2. The zero-order valence-corrected chi connectivity index (χ0v) is 14.1. The molecule has 0 aromatic carbocycles. The molecule has 1 rings (SSSR count). The van der Waals surface area contributed by atoms with Gasteiger partial charge in [0.15, 0.2) is 0 Å². The average molecular weight is 315 g/mol. The first-order valence-corrected chi connectivity index (χ1v) is 7.94. The molecule has 1 N–H and O–H groups in total. The molecular formula is C16H29NO5. The van der Waals surface area contributed by atoms with Crippen LogP contribution >= 0.6 is 0 Å². The SMILES string of the molecule is COC(=O)CCO[C@H]1CC[C@H](NCC(=O)OC(C)(C)C)CC1. The lowest BCUT2D eigenvalue weighted by molar-refractivity contribution is -0.153. The molecule has 22 heavy (non-hydrogen) atoms. The second-order valence-electron chi connectivity index (χ2n) is 6.64. The summed E-state index contributed by atoms with van der Waals surface area (Å²) in [5, 5.41) is 3.24. The molecule has 0 unspecified atom stereocenters. The molecule has 0 saturated heterocycles. The second-order valence-corrected chi connectivity index (χ2v) is 6.64. The lowest BCUT2D eigenvalue weighted by atomic mass is 9.93. The van der Waals surface area contributed by atoms with Gasteiger partial charge < -0.3 is 19.5 Å². The Morgan fingerprint density at radius 1 is 1.09 bits per heavy atom. The summed E-state index contributed by atoms with van der Waals surface area (Å²) < 4.78 is 15.5. The molecule has 1 aliphatic rings. The Bertz CT molecular complexity index is 356. The van der Waals surface area contributed by atoms with Crippen molar-refractivity contribution in [3.05, 3.63) is 0 Å². The van der Waals surface area contributed by atoms with Crippen molar-refractivity contribution in [2.24, 2.45) is 0 Å². The molecule has 0 atom stereocenters. The molecule has 0 spiro atoms. The molecule has 0 radical (unpaired) electrons. The smallest absolute Gasteiger partial charge is 0.320 e. The molecular weight excluding hydrogens is 286 g/mol. The zero-order chi connectivity index (χ0) is 16.6. The van der Waals surface area contributed by atoms with Gasteiger partial charge in [-0.05, 0) is 46.5 Å². The Morgan fingerprint density at radius 3 is 2.27 bits per heavy atom. The molecule has 6 nitrogen and oxygen atoms in total. The highest BCUT2D eigenvalue weighted by molar-refractivity contribution is 5.72. The van der Waals surface area contributed by atoms with E-state index in [1.807, 2.05) is 20.8 Å². The van der Waals surface area contributed by atoms with Crippen molar-refractivity contribution in [3.8, 4) is 0 Å². The minimum absolute atomic E-state index is 0.198. The van der Waals surface area contributed by atoms with E-state index in [4.69, 9.17) is 9.47 Å². The van der Waals surface area contributed by atoms with E-state index >= 15 is 0 Å². The van der Waals surface area contributed by atoms with E-state index in [0.29, 0.717) is 19.1 Å². The summed E-state index contributed by atoms with van der Waals surface area (Å²) in [6, 6.07) is 0.327. The van der Waals surface area contributed by atoms with E-state index in [2.05, 4.69) is 10.1 Å². The summed E-state index contributed by atoms with van der Waals surface area (Å²) in [7, 11) is 1.38.